The number of halogens is 1. The van der Waals surface area contributed by atoms with Gasteiger partial charge >= 0.3 is 0 Å². The van der Waals surface area contributed by atoms with Crippen LogP contribution < -0.4 is 5.32 Å². The van der Waals surface area contributed by atoms with E-state index in [0.29, 0.717) is 32.1 Å². The van der Waals surface area contributed by atoms with Gasteiger partial charge < -0.3 is 15.2 Å². The van der Waals surface area contributed by atoms with Gasteiger partial charge in [0.05, 0.1) is 6.61 Å². The summed E-state index contributed by atoms with van der Waals surface area (Å²) in [5.74, 6) is 0.508. The number of hydrogen-bond acceptors (Lipinski definition) is 5. The summed E-state index contributed by atoms with van der Waals surface area (Å²) in [4.78, 5) is 4.31. The van der Waals surface area contributed by atoms with Gasteiger partial charge in [-0.1, -0.05) is 0 Å². The monoisotopic (exact) mass is 312 g/mol. The first-order valence-electron chi connectivity index (χ1n) is 5.71. The van der Waals surface area contributed by atoms with Crippen LogP contribution in [0.5, 0.6) is 0 Å². The number of fused-ring (bicyclic) bond motifs is 1. The maximum atomic E-state index is 10.1. The maximum absolute atomic E-state index is 10.1. The van der Waals surface area contributed by atoms with Crippen molar-refractivity contribution in [2.24, 2.45) is 0 Å². The molecule has 3 heterocycles. The predicted molar refractivity (Wildman–Crippen MR) is 69.6 cm³/mol. The Kier molecular flexibility index (Phi) is 2.96. The van der Waals surface area contributed by atoms with Crippen molar-refractivity contribution in [2.75, 3.05) is 25.1 Å². The summed E-state index contributed by atoms with van der Waals surface area (Å²) in [5, 5.41) is 17.4. The number of aromatic nitrogens is 3. The van der Waals surface area contributed by atoms with Crippen LogP contribution in [0.15, 0.2) is 22.8 Å². The third-order valence-electron chi connectivity index (χ3n) is 2.95. The van der Waals surface area contributed by atoms with E-state index in [1.165, 1.54) is 0 Å². The quantitative estimate of drug-likeness (QED) is 0.886. The molecule has 0 aliphatic carbocycles. The number of aliphatic hydroxyl groups is 1. The van der Waals surface area contributed by atoms with Gasteiger partial charge in [0.2, 0.25) is 5.95 Å². The molecule has 1 atom stereocenters. The highest BCUT2D eigenvalue weighted by atomic mass is 79.9. The van der Waals surface area contributed by atoms with Crippen molar-refractivity contribution >= 4 is 27.5 Å². The van der Waals surface area contributed by atoms with Crippen molar-refractivity contribution in [2.45, 2.75) is 12.0 Å². The lowest BCUT2D eigenvalue weighted by molar-refractivity contribution is 0.0380. The van der Waals surface area contributed by atoms with Crippen molar-refractivity contribution in [3.63, 3.8) is 0 Å². The number of anilines is 1. The molecule has 1 aliphatic rings. The molecule has 2 N–H and O–H groups in total. The van der Waals surface area contributed by atoms with Crippen LogP contribution in [0.1, 0.15) is 6.42 Å². The maximum Gasteiger partial charge on any atom is 0.243 e. The Hall–Kier alpha value is -1.18. The molecule has 0 aromatic carbocycles. The van der Waals surface area contributed by atoms with Crippen LogP contribution in [0.2, 0.25) is 0 Å². The molecule has 7 heteroatoms. The summed E-state index contributed by atoms with van der Waals surface area (Å²) in [6.07, 6.45) is 2.47. The van der Waals surface area contributed by atoms with Gasteiger partial charge in [-0.15, -0.1) is 5.10 Å². The largest absolute Gasteiger partial charge is 0.386 e. The van der Waals surface area contributed by atoms with Gasteiger partial charge in [0.1, 0.15) is 5.60 Å². The lowest BCUT2D eigenvalue weighted by atomic mass is 10.0. The minimum Gasteiger partial charge on any atom is -0.386 e. The van der Waals surface area contributed by atoms with E-state index in [9.17, 15) is 5.11 Å². The fourth-order valence-corrected chi connectivity index (χ4v) is 2.24. The average molecular weight is 313 g/mol. The Labute approximate surface area is 112 Å². The van der Waals surface area contributed by atoms with Crippen molar-refractivity contribution in [3.05, 3.63) is 22.8 Å². The second-order valence-electron chi connectivity index (χ2n) is 4.47. The summed E-state index contributed by atoms with van der Waals surface area (Å²) >= 11 is 3.38. The molecule has 0 amide bonds. The zero-order valence-electron chi connectivity index (χ0n) is 9.64. The molecule has 6 nitrogen and oxygen atoms in total. The van der Waals surface area contributed by atoms with Crippen LogP contribution in [-0.4, -0.2) is 45.1 Å². The molecule has 0 bridgehead atoms. The lowest BCUT2D eigenvalue weighted by Crippen LogP contribution is -2.37. The molecule has 0 spiro atoms. The Balaban J connectivity index is 1.74. The topological polar surface area (TPSA) is 71.7 Å². The summed E-state index contributed by atoms with van der Waals surface area (Å²) in [5.41, 5.74) is -0.0479. The van der Waals surface area contributed by atoms with Gasteiger partial charge in [0.15, 0.2) is 5.65 Å². The summed E-state index contributed by atoms with van der Waals surface area (Å²) < 4.78 is 7.80. The number of hydrogen-bond donors (Lipinski definition) is 2. The molecule has 2 aromatic rings. The molecule has 96 valence electrons. The zero-order valence-corrected chi connectivity index (χ0v) is 11.2. The van der Waals surface area contributed by atoms with E-state index in [0.717, 1.165) is 10.1 Å². The van der Waals surface area contributed by atoms with Gasteiger partial charge in [0.25, 0.3) is 0 Å². The van der Waals surface area contributed by atoms with Crippen LogP contribution in [0.25, 0.3) is 5.65 Å². The van der Waals surface area contributed by atoms with E-state index in [1.54, 1.807) is 4.52 Å². The number of nitrogens with one attached hydrogen (secondary N) is 1. The molecular weight excluding hydrogens is 300 g/mol. The van der Waals surface area contributed by atoms with Crippen molar-refractivity contribution in [3.8, 4) is 0 Å². The molecule has 18 heavy (non-hydrogen) atoms. The molecule has 1 fully saturated rings. The summed E-state index contributed by atoms with van der Waals surface area (Å²) in [6, 6.07) is 3.78. The zero-order chi connectivity index (χ0) is 12.6. The molecule has 0 saturated carbocycles. The third kappa shape index (κ3) is 2.33. The van der Waals surface area contributed by atoms with Crippen molar-refractivity contribution in [1.82, 2.24) is 14.6 Å². The number of ether oxygens (including phenoxy) is 1. The van der Waals surface area contributed by atoms with Crippen molar-refractivity contribution < 1.29 is 9.84 Å². The minimum absolute atomic E-state index is 0.360. The molecule has 1 saturated heterocycles. The summed E-state index contributed by atoms with van der Waals surface area (Å²) in [6.45, 7) is 1.35. The standard InChI is InChI=1S/C11H13BrN4O2/c12-8-1-2-9-14-10(15-16(9)5-8)13-6-11(17)3-4-18-7-11/h1-2,5,17H,3-4,6-7H2,(H,13,15). The SMILES string of the molecule is OC1(CNc2nc3ccc(Br)cn3n2)CCOC1. The lowest BCUT2D eigenvalue weighted by Gasteiger charge is -2.19. The van der Waals surface area contributed by atoms with E-state index in [2.05, 4.69) is 31.3 Å². The first-order chi connectivity index (χ1) is 8.65. The second kappa shape index (κ2) is 4.49. The van der Waals surface area contributed by atoms with Gasteiger partial charge in [-0.05, 0) is 28.1 Å². The third-order valence-corrected chi connectivity index (χ3v) is 3.42. The molecule has 0 radical (unpaired) electrons. The molecule has 1 aliphatic heterocycles. The molecular formula is C11H13BrN4O2. The van der Waals surface area contributed by atoms with Gasteiger partial charge in [-0.25, -0.2) is 4.52 Å². The summed E-state index contributed by atoms with van der Waals surface area (Å²) in [7, 11) is 0. The van der Waals surface area contributed by atoms with E-state index >= 15 is 0 Å². The highest BCUT2D eigenvalue weighted by Gasteiger charge is 2.32. The Morgan fingerprint density at radius 3 is 3.22 bits per heavy atom. The fraction of sp³-hybridized carbons (Fsp3) is 0.455. The van der Waals surface area contributed by atoms with Crippen LogP contribution in [0.3, 0.4) is 0 Å². The van der Waals surface area contributed by atoms with Crippen LogP contribution >= 0.6 is 15.9 Å². The second-order valence-corrected chi connectivity index (χ2v) is 5.38. The van der Waals surface area contributed by atoms with E-state index < -0.39 is 5.60 Å². The van der Waals surface area contributed by atoms with E-state index in [1.807, 2.05) is 18.3 Å². The van der Waals surface area contributed by atoms with Crippen LogP contribution in [0, 0.1) is 0 Å². The number of nitrogens with zero attached hydrogens (tertiary/aromatic N) is 3. The Bertz CT molecular complexity index is 565. The van der Waals surface area contributed by atoms with Gasteiger partial charge in [0, 0.05) is 30.2 Å². The first-order valence-corrected chi connectivity index (χ1v) is 6.50. The predicted octanol–water partition coefficient (Wildman–Crippen LogP) is 1.06. The Morgan fingerprint density at radius 2 is 2.44 bits per heavy atom. The van der Waals surface area contributed by atoms with E-state index in [-0.39, 0.29) is 0 Å². The Morgan fingerprint density at radius 1 is 1.56 bits per heavy atom. The molecule has 1 unspecified atom stereocenters. The highest BCUT2D eigenvalue weighted by molar-refractivity contribution is 9.10. The fourth-order valence-electron chi connectivity index (χ4n) is 1.91. The first kappa shape index (κ1) is 11.9. The normalized spacial score (nSPS) is 23.7. The van der Waals surface area contributed by atoms with Crippen LogP contribution in [0.4, 0.5) is 5.95 Å². The van der Waals surface area contributed by atoms with Gasteiger partial charge in [-0.3, -0.25) is 0 Å². The van der Waals surface area contributed by atoms with E-state index in [4.69, 9.17) is 4.74 Å². The minimum atomic E-state index is -0.807. The molecule has 2 aromatic heterocycles. The number of rotatable bonds is 3. The molecule has 3 rings (SSSR count). The smallest absolute Gasteiger partial charge is 0.243 e. The highest BCUT2D eigenvalue weighted by Crippen LogP contribution is 2.19. The number of pyridine rings is 1. The van der Waals surface area contributed by atoms with Crippen LogP contribution in [-0.2, 0) is 4.74 Å². The van der Waals surface area contributed by atoms with Crippen molar-refractivity contribution in [1.29, 1.82) is 0 Å². The average Bonchev–Trinajstić information content (AvgIpc) is 2.93. The van der Waals surface area contributed by atoms with Gasteiger partial charge in [-0.2, -0.15) is 4.98 Å².